The molecule has 0 saturated heterocycles. The molecule has 0 radical (unpaired) electrons. The summed E-state index contributed by atoms with van der Waals surface area (Å²) in [6.07, 6.45) is 0. The van der Waals surface area contributed by atoms with Gasteiger partial charge in [0.1, 0.15) is 5.82 Å². The van der Waals surface area contributed by atoms with E-state index in [1.165, 1.54) is 24.3 Å². The molecule has 3 N–H and O–H groups in total. The quantitative estimate of drug-likeness (QED) is 0.828. The number of nitrogens with one attached hydrogen (secondary N) is 1. The highest BCUT2D eigenvalue weighted by Gasteiger charge is 2.05. The molecule has 0 aliphatic rings. The fourth-order valence-electron chi connectivity index (χ4n) is 1.62. The van der Waals surface area contributed by atoms with E-state index in [0.29, 0.717) is 18.0 Å². The van der Waals surface area contributed by atoms with Crippen LogP contribution in [0.2, 0.25) is 0 Å². The van der Waals surface area contributed by atoms with Crippen molar-refractivity contribution in [2.45, 2.75) is 6.92 Å². The minimum atomic E-state index is -0.517. The third-order valence-corrected chi connectivity index (χ3v) is 2.52. The van der Waals surface area contributed by atoms with Gasteiger partial charge in [-0.2, -0.15) is 0 Å². The van der Waals surface area contributed by atoms with Crippen LogP contribution in [0.1, 0.15) is 6.92 Å². The summed E-state index contributed by atoms with van der Waals surface area (Å²) in [5, 5.41) is 2.89. The lowest BCUT2D eigenvalue weighted by Crippen LogP contribution is -1.97. The predicted octanol–water partition coefficient (Wildman–Crippen LogP) is 3.69. The average molecular weight is 264 g/mol. The first-order chi connectivity index (χ1) is 9.10. The second kappa shape index (κ2) is 5.56. The molecule has 0 heterocycles. The summed E-state index contributed by atoms with van der Waals surface area (Å²) < 4.78 is 32.0. The second-order valence-corrected chi connectivity index (χ2v) is 3.94. The molecule has 2 aromatic carbocycles. The molecule has 5 heteroatoms. The van der Waals surface area contributed by atoms with Crippen molar-refractivity contribution in [1.29, 1.82) is 0 Å². The number of halogens is 2. The third-order valence-electron chi connectivity index (χ3n) is 2.52. The molecule has 0 atom stereocenters. The molecule has 0 aliphatic heterocycles. The Morgan fingerprint density at radius 3 is 2.26 bits per heavy atom. The highest BCUT2D eigenvalue weighted by molar-refractivity contribution is 5.62. The van der Waals surface area contributed by atoms with Crippen LogP contribution in [-0.2, 0) is 0 Å². The van der Waals surface area contributed by atoms with E-state index in [0.717, 1.165) is 0 Å². The Morgan fingerprint density at radius 1 is 1.05 bits per heavy atom. The average Bonchev–Trinajstić information content (AvgIpc) is 2.37. The first-order valence-electron chi connectivity index (χ1n) is 5.84. The van der Waals surface area contributed by atoms with Crippen molar-refractivity contribution in [3.8, 4) is 5.75 Å². The van der Waals surface area contributed by atoms with E-state index in [2.05, 4.69) is 5.32 Å². The molecular formula is C14H14F2N2O. The normalized spacial score (nSPS) is 10.3. The highest BCUT2D eigenvalue weighted by atomic mass is 19.1. The van der Waals surface area contributed by atoms with E-state index in [4.69, 9.17) is 10.5 Å². The van der Waals surface area contributed by atoms with E-state index in [-0.39, 0.29) is 11.4 Å². The van der Waals surface area contributed by atoms with Gasteiger partial charge in [0.15, 0.2) is 11.6 Å². The van der Waals surface area contributed by atoms with Gasteiger partial charge in [0.25, 0.3) is 0 Å². The molecule has 0 bridgehead atoms. The van der Waals surface area contributed by atoms with E-state index in [1.54, 1.807) is 19.1 Å². The minimum Gasteiger partial charge on any atom is -0.491 e. The zero-order valence-electron chi connectivity index (χ0n) is 10.4. The Hall–Kier alpha value is -2.30. The molecule has 0 fully saturated rings. The fourth-order valence-corrected chi connectivity index (χ4v) is 1.62. The maximum atomic E-state index is 13.6. The van der Waals surface area contributed by atoms with Crippen LogP contribution >= 0.6 is 0 Å². The fraction of sp³-hybridized carbons (Fsp3) is 0.143. The molecule has 0 aromatic heterocycles. The Labute approximate surface area is 110 Å². The van der Waals surface area contributed by atoms with Crippen molar-refractivity contribution in [2.75, 3.05) is 17.7 Å². The lowest BCUT2D eigenvalue weighted by atomic mass is 10.2. The number of nitrogens with two attached hydrogens (primary N) is 1. The first-order valence-corrected chi connectivity index (χ1v) is 5.84. The van der Waals surface area contributed by atoms with Gasteiger partial charge in [0, 0.05) is 17.4 Å². The summed E-state index contributed by atoms with van der Waals surface area (Å²) in [5.41, 5.74) is 6.45. The van der Waals surface area contributed by atoms with Crippen molar-refractivity contribution >= 4 is 17.1 Å². The lowest BCUT2D eigenvalue weighted by molar-refractivity contribution is 0.321. The standard InChI is InChI=1S/C14H14F2N2O/c1-2-19-14-6-4-10(8-12(14)16)18-9-3-5-13(17)11(15)7-9/h3-8,18H,2,17H2,1H3. The molecule has 0 spiro atoms. The molecule has 3 nitrogen and oxygen atoms in total. The largest absolute Gasteiger partial charge is 0.491 e. The van der Waals surface area contributed by atoms with Gasteiger partial charge in [0.05, 0.1) is 12.3 Å². The summed E-state index contributed by atoms with van der Waals surface area (Å²) >= 11 is 0. The SMILES string of the molecule is CCOc1ccc(Nc2ccc(N)c(F)c2)cc1F. The van der Waals surface area contributed by atoms with Crippen LogP contribution in [0.5, 0.6) is 5.75 Å². The van der Waals surface area contributed by atoms with Gasteiger partial charge in [-0.1, -0.05) is 0 Å². The van der Waals surface area contributed by atoms with Gasteiger partial charge in [-0.3, -0.25) is 0 Å². The third kappa shape index (κ3) is 3.13. The highest BCUT2D eigenvalue weighted by Crippen LogP contribution is 2.25. The summed E-state index contributed by atoms with van der Waals surface area (Å²) in [6, 6.07) is 8.79. The molecule has 2 aromatic rings. The number of hydrogen-bond acceptors (Lipinski definition) is 3. The van der Waals surface area contributed by atoms with E-state index < -0.39 is 11.6 Å². The molecule has 2 rings (SSSR count). The van der Waals surface area contributed by atoms with E-state index in [9.17, 15) is 8.78 Å². The molecule has 100 valence electrons. The van der Waals surface area contributed by atoms with Gasteiger partial charge < -0.3 is 15.8 Å². The number of rotatable bonds is 4. The summed E-state index contributed by atoms with van der Waals surface area (Å²) in [7, 11) is 0. The Morgan fingerprint density at radius 2 is 1.68 bits per heavy atom. The van der Waals surface area contributed by atoms with Crippen molar-refractivity contribution < 1.29 is 13.5 Å². The van der Waals surface area contributed by atoms with Crippen LogP contribution in [0.4, 0.5) is 25.8 Å². The molecule has 0 saturated carbocycles. The maximum absolute atomic E-state index is 13.6. The first kappa shape index (κ1) is 13.1. The number of nitrogen functional groups attached to an aromatic ring is 1. The molecule has 0 unspecified atom stereocenters. The second-order valence-electron chi connectivity index (χ2n) is 3.94. The summed E-state index contributed by atoms with van der Waals surface area (Å²) in [6.45, 7) is 2.18. The van der Waals surface area contributed by atoms with Crippen LogP contribution in [-0.4, -0.2) is 6.61 Å². The monoisotopic (exact) mass is 264 g/mol. The number of benzene rings is 2. The van der Waals surface area contributed by atoms with Crippen molar-refractivity contribution in [1.82, 2.24) is 0 Å². The van der Waals surface area contributed by atoms with Crippen LogP contribution < -0.4 is 15.8 Å². The van der Waals surface area contributed by atoms with Crippen molar-refractivity contribution in [3.05, 3.63) is 48.0 Å². The number of anilines is 3. The molecule has 19 heavy (non-hydrogen) atoms. The lowest BCUT2D eigenvalue weighted by Gasteiger charge is -2.09. The zero-order valence-corrected chi connectivity index (χ0v) is 10.4. The Bertz CT molecular complexity index is 588. The van der Waals surface area contributed by atoms with Crippen LogP contribution in [0.15, 0.2) is 36.4 Å². The van der Waals surface area contributed by atoms with E-state index >= 15 is 0 Å². The Balaban J connectivity index is 2.19. The molecule has 0 aliphatic carbocycles. The van der Waals surface area contributed by atoms with Gasteiger partial charge in [0.2, 0.25) is 0 Å². The predicted molar refractivity (Wildman–Crippen MR) is 71.7 cm³/mol. The smallest absolute Gasteiger partial charge is 0.167 e. The van der Waals surface area contributed by atoms with Crippen LogP contribution in [0.25, 0.3) is 0 Å². The molecule has 0 amide bonds. The summed E-state index contributed by atoms with van der Waals surface area (Å²) in [5.74, 6) is -0.796. The van der Waals surface area contributed by atoms with Crippen molar-refractivity contribution in [3.63, 3.8) is 0 Å². The van der Waals surface area contributed by atoms with Crippen LogP contribution in [0, 0.1) is 11.6 Å². The topological polar surface area (TPSA) is 47.3 Å². The number of ether oxygens (including phenoxy) is 1. The summed E-state index contributed by atoms with van der Waals surface area (Å²) in [4.78, 5) is 0. The minimum absolute atomic E-state index is 0.0726. The number of hydrogen-bond donors (Lipinski definition) is 2. The Kier molecular flexibility index (Phi) is 3.85. The van der Waals surface area contributed by atoms with Crippen molar-refractivity contribution in [2.24, 2.45) is 0 Å². The van der Waals surface area contributed by atoms with E-state index in [1.807, 2.05) is 0 Å². The van der Waals surface area contributed by atoms with Crippen LogP contribution in [0.3, 0.4) is 0 Å². The van der Waals surface area contributed by atoms with Gasteiger partial charge >= 0.3 is 0 Å². The zero-order chi connectivity index (χ0) is 13.8. The van der Waals surface area contributed by atoms with Gasteiger partial charge in [-0.15, -0.1) is 0 Å². The van der Waals surface area contributed by atoms with Gasteiger partial charge in [-0.25, -0.2) is 8.78 Å². The maximum Gasteiger partial charge on any atom is 0.167 e. The van der Waals surface area contributed by atoms with Gasteiger partial charge in [-0.05, 0) is 37.3 Å². The molecular weight excluding hydrogens is 250 g/mol.